The molecule has 2 rings (SSSR count). The van der Waals surface area contributed by atoms with Crippen LogP contribution in [0, 0.1) is 5.92 Å². The third-order valence-electron chi connectivity index (χ3n) is 3.42. The van der Waals surface area contributed by atoms with Crippen molar-refractivity contribution in [3.8, 4) is 0 Å². The van der Waals surface area contributed by atoms with Gasteiger partial charge in [-0.15, -0.1) is 5.10 Å². The fraction of sp³-hybridized carbons (Fsp3) is 0.750. The minimum Gasteiger partial charge on any atom is -0.341 e. The normalized spacial score (nSPS) is 17.1. The first-order valence-corrected chi connectivity index (χ1v) is 6.62. The van der Waals surface area contributed by atoms with E-state index in [0.717, 1.165) is 39.0 Å². The van der Waals surface area contributed by atoms with Gasteiger partial charge in [0, 0.05) is 19.3 Å². The molecule has 1 N–H and O–H groups in total. The van der Waals surface area contributed by atoms with Crippen LogP contribution in [0.25, 0.3) is 0 Å². The van der Waals surface area contributed by atoms with Crippen LogP contribution in [0.5, 0.6) is 0 Å². The molecule has 1 aliphatic heterocycles. The highest BCUT2D eigenvalue weighted by atomic mass is 16.2. The van der Waals surface area contributed by atoms with Crippen LogP contribution in [-0.2, 0) is 11.3 Å². The highest BCUT2D eigenvalue weighted by molar-refractivity contribution is 5.75. The zero-order valence-electron chi connectivity index (χ0n) is 10.9. The van der Waals surface area contributed by atoms with Gasteiger partial charge in [0.05, 0.1) is 6.20 Å². The molecule has 1 aromatic heterocycles. The zero-order chi connectivity index (χ0) is 12.8. The van der Waals surface area contributed by atoms with E-state index < -0.39 is 0 Å². The van der Waals surface area contributed by atoms with Crippen molar-refractivity contribution in [1.82, 2.24) is 25.2 Å². The first-order chi connectivity index (χ1) is 8.79. The number of piperidine rings is 1. The number of hydrogen-bond acceptors (Lipinski definition) is 4. The van der Waals surface area contributed by atoms with Gasteiger partial charge in [0.25, 0.3) is 0 Å². The molecule has 1 amide bonds. The molecule has 6 nitrogen and oxygen atoms in total. The van der Waals surface area contributed by atoms with Crippen LogP contribution >= 0.6 is 0 Å². The lowest BCUT2D eigenvalue weighted by Crippen LogP contribution is -2.42. The number of amides is 1. The summed E-state index contributed by atoms with van der Waals surface area (Å²) >= 11 is 0. The maximum atomic E-state index is 12.0. The lowest BCUT2D eigenvalue weighted by Gasteiger charge is -2.32. The molecule has 2 heterocycles. The summed E-state index contributed by atoms with van der Waals surface area (Å²) in [5.74, 6) is 0.850. The van der Waals surface area contributed by atoms with Gasteiger partial charge < -0.3 is 10.2 Å². The molecule has 0 spiro atoms. The monoisotopic (exact) mass is 251 g/mol. The summed E-state index contributed by atoms with van der Waals surface area (Å²) in [4.78, 5) is 13.9. The van der Waals surface area contributed by atoms with Crippen LogP contribution in [0.1, 0.15) is 19.8 Å². The van der Waals surface area contributed by atoms with E-state index in [1.54, 1.807) is 17.1 Å². The van der Waals surface area contributed by atoms with Crippen molar-refractivity contribution in [2.45, 2.75) is 26.3 Å². The van der Waals surface area contributed by atoms with Crippen LogP contribution < -0.4 is 5.32 Å². The number of nitrogens with zero attached hydrogens (tertiary/aromatic N) is 4. The smallest absolute Gasteiger partial charge is 0.244 e. The molecule has 1 saturated heterocycles. The SMILES string of the molecule is CCNCC1CCN(C(=O)Cn2ccnn2)CC1. The van der Waals surface area contributed by atoms with Gasteiger partial charge in [0.2, 0.25) is 5.91 Å². The molecule has 6 heteroatoms. The van der Waals surface area contributed by atoms with Crippen LogP contribution in [0.15, 0.2) is 12.4 Å². The topological polar surface area (TPSA) is 63.1 Å². The Kier molecular flexibility index (Phi) is 4.69. The van der Waals surface area contributed by atoms with E-state index in [9.17, 15) is 4.79 Å². The lowest BCUT2D eigenvalue weighted by molar-refractivity contribution is -0.133. The van der Waals surface area contributed by atoms with Crippen LogP contribution in [0.2, 0.25) is 0 Å². The molecule has 0 atom stereocenters. The Morgan fingerprint density at radius 1 is 1.44 bits per heavy atom. The van der Waals surface area contributed by atoms with Gasteiger partial charge in [-0.1, -0.05) is 12.1 Å². The third-order valence-corrected chi connectivity index (χ3v) is 3.42. The molecule has 0 aromatic carbocycles. The summed E-state index contributed by atoms with van der Waals surface area (Å²) in [5, 5.41) is 10.9. The summed E-state index contributed by atoms with van der Waals surface area (Å²) in [7, 11) is 0. The van der Waals surface area contributed by atoms with Gasteiger partial charge >= 0.3 is 0 Å². The van der Waals surface area contributed by atoms with E-state index in [2.05, 4.69) is 22.6 Å². The first-order valence-electron chi connectivity index (χ1n) is 6.62. The Hall–Kier alpha value is -1.43. The Bertz CT molecular complexity index is 357. The van der Waals surface area contributed by atoms with Gasteiger partial charge in [0.1, 0.15) is 6.54 Å². The van der Waals surface area contributed by atoms with Crippen molar-refractivity contribution in [2.24, 2.45) is 5.92 Å². The molecular weight excluding hydrogens is 230 g/mol. The summed E-state index contributed by atoms with van der Waals surface area (Å²) < 4.78 is 1.58. The highest BCUT2D eigenvalue weighted by Gasteiger charge is 2.22. The predicted molar refractivity (Wildman–Crippen MR) is 67.9 cm³/mol. The standard InChI is InChI=1S/C12H21N5O/c1-2-13-9-11-3-6-16(7-4-11)12(18)10-17-8-5-14-15-17/h5,8,11,13H,2-4,6-7,9-10H2,1H3. The van der Waals surface area contributed by atoms with E-state index in [4.69, 9.17) is 0 Å². The Labute approximate surface area is 107 Å². The van der Waals surface area contributed by atoms with E-state index in [-0.39, 0.29) is 5.91 Å². The summed E-state index contributed by atoms with van der Waals surface area (Å²) in [6.45, 7) is 6.24. The molecule has 18 heavy (non-hydrogen) atoms. The van der Waals surface area contributed by atoms with Gasteiger partial charge in [-0.05, 0) is 31.8 Å². The van der Waals surface area contributed by atoms with Gasteiger partial charge in [-0.3, -0.25) is 4.79 Å². The van der Waals surface area contributed by atoms with Crippen molar-refractivity contribution in [3.05, 3.63) is 12.4 Å². The first kappa shape index (κ1) is 13.0. The van der Waals surface area contributed by atoms with Gasteiger partial charge in [0.15, 0.2) is 0 Å². The average Bonchev–Trinajstić information content (AvgIpc) is 2.89. The molecule has 0 bridgehead atoms. The quantitative estimate of drug-likeness (QED) is 0.808. The van der Waals surface area contributed by atoms with Crippen molar-refractivity contribution >= 4 is 5.91 Å². The molecule has 0 radical (unpaired) electrons. The highest BCUT2D eigenvalue weighted by Crippen LogP contribution is 2.16. The predicted octanol–water partition coefficient (Wildman–Crippen LogP) is 0.126. The fourth-order valence-corrected chi connectivity index (χ4v) is 2.29. The second-order valence-corrected chi connectivity index (χ2v) is 4.73. The molecule has 0 unspecified atom stereocenters. The van der Waals surface area contributed by atoms with E-state index in [0.29, 0.717) is 12.5 Å². The number of carbonyl (C=O) groups excluding carboxylic acids is 1. The maximum Gasteiger partial charge on any atom is 0.244 e. The van der Waals surface area contributed by atoms with Crippen LogP contribution in [-0.4, -0.2) is 52.0 Å². The molecular formula is C12H21N5O. The van der Waals surface area contributed by atoms with Crippen LogP contribution in [0.4, 0.5) is 0 Å². The van der Waals surface area contributed by atoms with E-state index >= 15 is 0 Å². The molecule has 1 fully saturated rings. The minimum absolute atomic E-state index is 0.141. The third kappa shape index (κ3) is 3.53. The molecule has 100 valence electrons. The zero-order valence-corrected chi connectivity index (χ0v) is 10.9. The number of nitrogens with one attached hydrogen (secondary N) is 1. The lowest BCUT2D eigenvalue weighted by atomic mass is 9.97. The molecule has 0 saturated carbocycles. The second kappa shape index (κ2) is 6.49. The van der Waals surface area contributed by atoms with E-state index in [1.807, 2.05) is 4.90 Å². The number of likely N-dealkylation sites (tertiary alicyclic amines) is 1. The maximum absolute atomic E-state index is 12.0. The van der Waals surface area contributed by atoms with Crippen LogP contribution in [0.3, 0.4) is 0 Å². The Morgan fingerprint density at radius 3 is 2.83 bits per heavy atom. The van der Waals surface area contributed by atoms with E-state index in [1.165, 1.54) is 0 Å². The van der Waals surface area contributed by atoms with Gasteiger partial charge in [-0.25, -0.2) is 4.68 Å². The number of hydrogen-bond donors (Lipinski definition) is 1. The number of carbonyl (C=O) groups is 1. The van der Waals surface area contributed by atoms with Crippen molar-refractivity contribution in [3.63, 3.8) is 0 Å². The Morgan fingerprint density at radius 2 is 2.22 bits per heavy atom. The number of rotatable bonds is 5. The Balaban J connectivity index is 1.73. The number of aromatic nitrogens is 3. The summed E-state index contributed by atoms with van der Waals surface area (Å²) in [6.07, 6.45) is 5.50. The summed E-state index contributed by atoms with van der Waals surface area (Å²) in [6, 6.07) is 0. The fourth-order valence-electron chi connectivity index (χ4n) is 2.29. The average molecular weight is 251 g/mol. The molecule has 1 aromatic rings. The minimum atomic E-state index is 0.141. The van der Waals surface area contributed by atoms with Crippen molar-refractivity contribution in [2.75, 3.05) is 26.2 Å². The second-order valence-electron chi connectivity index (χ2n) is 4.73. The molecule has 0 aliphatic carbocycles. The molecule has 1 aliphatic rings. The largest absolute Gasteiger partial charge is 0.341 e. The van der Waals surface area contributed by atoms with Crippen molar-refractivity contribution in [1.29, 1.82) is 0 Å². The summed E-state index contributed by atoms with van der Waals surface area (Å²) in [5.41, 5.74) is 0. The van der Waals surface area contributed by atoms with Crippen molar-refractivity contribution < 1.29 is 4.79 Å². The van der Waals surface area contributed by atoms with Gasteiger partial charge in [-0.2, -0.15) is 0 Å².